The zero-order chi connectivity index (χ0) is 24.5. The molecule has 2 N–H and O–H groups in total. The Kier molecular flexibility index (Phi) is 8.44. The number of hydrogen-bond acceptors (Lipinski definition) is 4. The van der Waals surface area contributed by atoms with Gasteiger partial charge in [0.15, 0.2) is 6.61 Å². The molecule has 0 aliphatic rings. The summed E-state index contributed by atoms with van der Waals surface area (Å²) in [5.74, 6) is -0.475. The molecule has 3 aromatic carbocycles. The Hall–Kier alpha value is -4.08. The number of anilines is 1. The first kappa shape index (κ1) is 24.6. The SMILES string of the molecule is Cc1ccc(NC(=O)COc2ccc(/C=C(\C#N)C(=O)NCc3ccccc3)cc2Cl)cc1C. The Labute approximate surface area is 203 Å². The van der Waals surface area contributed by atoms with Gasteiger partial charge in [0.25, 0.3) is 11.8 Å². The summed E-state index contributed by atoms with van der Waals surface area (Å²) in [6, 6.07) is 21.8. The van der Waals surface area contributed by atoms with Crippen LogP contribution >= 0.6 is 11.6 Å². The molecule has 0 saturated heterocycles. The van der Waals surface area contributed by atoms with Crippen molar-refractivity contribution < 1.29 is 14.3 Å². The van der Waals surface area contributed by atoms with E-state index < -0.39 is 5.91 Å². The Morgan fingerprint density at radius 3 is 2.47 bits per heavy atom. The highest BCUT2D eigenvalue weighted by Crippen LogP contribution is 2.26. The van der Waals surface area contributed by atoms with Gasteiger partial charge in [0.1, 0.15) is 17.4 Å². The summed E-state index contributed by atoms with van der Waals surface area (Å²) in [6.07, 6.45) is 1.45. The second kappa shape index (κ2) is 11.7. The van der Waals surface area contributed by atoms with Gasteiger partial charge in [0, 0.05) is 12.2 Å². The lowest BCUT2D eigenvalue weighted by Crippen LogP contribution is -2.23. The number of ether oxygens (including phenoxy) is 1. The molecule has 0 saturated carbocycles. The van der Waals surface area contributed by atoms with E-state index in [0.29, 0.717) is 23.5 Å². The van der Waals surface area contributed by atoms with Gasteiger partial charge in [0.2, 0.25) is 0 Å². The van der Waals surface area contributed by atoms with E-state index in [0.717, 1.165) is 16.7 Å². The molecule has 3 aromatic rings. The van der Waals surface area contributed by atoms with Crippen LogP contribution in [-0.2, 0) is 16.1 Å². The van der Waals surface area contributed by atoms with Crippen molar-refractivity contribution in [3.8, 4) is 11.8 Å². The molecule has 0 unspecified atom stereocenters. The number of carbonyl (C=O) groups excluding carboxylic acids is 2. The molecule has 172 valence electrons. The molecule has 6 nitrogen and oxygen atoms in total. The van der Waals surface area contributed by atoms with Gasteiger partial charge in [-0.3, -0.25) is 9.59 Å². The number of nitriles is 1. The molecule has 3 rings (SSSR count). The van der Waals surface area contributed by atoms with Crippen molar-refractivity contribution in [3.63, 3.8) is 0 Å². The first-order valence-corrected chi connectivity index (χ1v) is 11.0. The van der Waals surface area contributed by atoms with Crippen LogP contribution in [0.15, 0.2) is 72.3 Å². The average Bonchev–Trinajstić information content (AvgIpc) is 2.83. The van der Waals surface area contributed by atoms with Crippen LogP contribution in [0.4, 0.5) is 5.69 Å². The summed E-state index contributed by atoms with van der Waals surface area (Å²) in [7, 11) is 0. The summed E-state index contributed by atoms with van der Waals surface area (Å²) in [6.45, 7) is 4.08. The third-order valence-electron chi connectivity index (χ3n) is 5.08. The number of carbonyl (C=O) groups is 2. The normalized spacial score (nSPS) is 10.8. The van der Waals surface area contributed by atoms with Gasteiger partial charge in [-0.05, 0) is 66.4 Å². The highest BCUT2D eigenvalue weighted by atomic mass is 35.5. The minimum absolute atomic E-state index is 0.0477. The fourth-order valence-electron chi connectivity index (χ4n) is 3.07. The molecule has 0 fully saturated rings. The molecule has 0 aliphatic carbocycles. The molecule has 0 radical (unpaired) electrons. The van der Waals surface area contributed by atoms with Crippen molar-refractivity contribution in [2.24, 2.45) is 0 Å². The third kappa shape index (κ3) is 6.96. The Bertz CT molecular complexity index is 1260. The number of nitrogens with one attached hydrogen (secondary N) is 2. The standard InChI is InChI=1S/C27H24ClN3O3/c1-18-8-10-23(12-19(18)2)31-26(32)17-34-25-11-9-21(14-24(25)28)13-22(15-29)27(33)30-16-20-6-4-3-5-7-20/h3-14H,16-17H2,1-2H3,(H,30,33)(H,31,32)/b22-13+. The maximum absolute atomic E-state index is 12.4. The minimum Gasteiger partial charge on any atom is -0.482 e. The van der Waals surface area contributed by atoms with E-state index >= 15 is 0 Å². The summed E-state index contributed by atoms with van der Waals surface area (Å²) in [5.41, 5.74) is 4.35. The van der Waals surface area contributed by atoms with Gasteiger partial charge in [0.05, 0.1) is 5.02 Å². The second-order valence-corrected chi connectivity index (χ2v) is 8.07. The van der Waals surface area contributed by atoms with Crippen LogP contribution in [0.25, 0.3) is 6.08 Å². The molecule has 34 heavy (non-hydrogen) atoms. The van der Waals surface area contributed by atoms with Gasteiger partial charge < -0.3 is 15.4 Å². The lowest BCUT2D eigenvalue weighted by Gasteiger charge is -2.10. The van der Waals surface area contributed by atoms with Crippen molar-refractivity contribution in [1.29, 1.82) is 5.26 Å². The van der Waals surface area contributed by atoms with Crippen molar-refractivity contribution in [1.82, 2.24) is 5.32 Å². The molecular weight excluding hydrogens is 450 g/mol. The van der Waals surface area contributed by atoms with E-state index in [9.17, 15) is 14.9 Å². The maximum atomic E-state index is 12.4. The first-order chi connectivity index (χ1) is 16.4. The topological polar surface area (TPSA) is 91.2 Å². The Morgan fingerprint density at radius 2 is 1.79 bits per heavy atom. The Morgan fingerprint density at radius 1 is 1.03 bits per heavy atom. The molecule has 0 aliphatic heterocycles. The maximum Gasteiger partial charge on any atom is 0.262 e. The van der Waals surface area contributed by atoms with Crippen molar-refractivity contribution in [3.05, 3.63) is 99.6 Å². The summed E-state index contributed by atoms with van der Waals surface area (Å²) in [5, 5.41) is 15.2. The number of rotatable bonds is 8. The van der Waals surface area contributed by atoms with E-state index in [2.05, 4.69) is 10.6 Å². The second-order valence-electron chi connectivity index (χ2n) is 7.66. The lowest BCUT2D eigenvalue weighted by atomic mass is 10.1. The molecule has 7 heteroatoms. The fourth-order valence-corrected chi connectivity index (χ4v) is 3.32. The van der Waals surface area contributed by atoms with Crippen LogP contribution < -0.4 is 15.4 Å². The van der Waals surface area contributed by atoms with Crippen molar-refractivity contribution in [2.75, 3.05) is 11.9 Å². The zero-order valence-corrected chi connectivity index (χ0v) is 19.6. The molecular formula is C27H24ClN3O3. The van der Waals surface area contributed by atoms with Crippen LogP contribution in [-0.4, -0.2) is 18.4 Å². The number of amides is 2. The third-order valence-corrected chi connectivity index (χ3v) is 5.37. The molecule has 2 amide bonds. The predicted octanol–water partition coefficient (Wildman–Crippen LogP) is 5.20. The largest absolute Gasteiger partial charge is 0.482 e. The molecule has 0 aromatic heterocycles. The molecule has 0 spiro atoms. The summed E-state index contributed by atoms with van der Waals surface area (Å²) in [4.78, 5) is 24.6. The number of aryl methyl sites for hydroxylation is 2. The molecule has 0 atom stereocenters. The van der Waals surface area contributed by atoms with Crippen LogP contribution in [0, 0.1) is 25.2 Å². The smallest absolute Gasteiger partial charge is 0.262 e. The highest BCUT2D eigenvalue weighted by molar-refractivity contribution is 6.32. The number of halogens is 1. The van der Waals surface area contributed by atoms with E-state index in [1.807, 2.05) is 68.4 Å². The van der Waals surface area contributed by atoms with Gasteiger partial charge in [-0.25, -0.2) is 0 Å². The summed E-state index contributed by atoms with van der Waals surface area (Å²) >= 11 is 6.29. The average molecular weight is 474 g/mol. The van der Waals surface area contributed by atoms with Gasteiger partial charge in [-0.15, -0.1) is 0 Å². The number of hydrogen-bond donors (Lipinski definition) is 2. The van der Waals surface area contributed by atoms with Gasteiger partial charge in [-0.1, -0.05) is 54.1 Å². The monoisotopic (exact) mass is 473 g/mol. The molecule has 0 bridgehead atoms. The van der Waals surface area contributed by atoms with Crippen molar-refractivity contribution in [2.45, 2.75) is 20.4 Å². The van der Waals surface area contributed by atoms with E-state index in [1.54, 1.807) is 18.2 Å². The highest BCUT2D eigenvalue weighted by Gasteiger charge is 2.11. The van der Waals surface area contributed by atoms with E-state index in [4.69, 9.17) is 16.3 Å². The van der Waals surface area contributed by atoms with Crippen LogP contribution in [0.3, 0.4) is 0 Å². The zero-order valence-electron chi connectivity index (χ0n) is 18.9. The lowest BCUT2D eigenvalue weighted by molar-refractivity contribution is -0.118. The first-order valence-electron chi connectivity index (χ1n) is 10.6. The van der Waals surface area contributed by atoms with Gasteiger partial charge >= 0.3 is 0 Å². The summed E-state index contributed by atoms with van der Waals surface area (Å²) < 4.78 is 5.54. The van der Waals surface area contributed by atoms with Crippen LogP contribution in [0.1, 0.15) is 22.3 Å². The van der Waals surface area contributed by atoms with E-state index in [-0.39, 0.29) is 23.1 Å². The van der Waals surface area contributed by atoms with Crippen molar-refractivity contribution >= 4 is 35.2 Å². The van der Waals surface area contributed by atoms with Crippen LogP contribution in [0.2, 0.25) is 5.02 Å². The minimum atomic E-state index is -0.481. The molecule has 0 heterocycles. The number of benzene rings is 3. The predicted molar refractivity (Wildman–Crippen MR) is 133 cm³/mol. The quantitative estimate of drug-likeness (QED) is 0.347. The van der Waals surface area contributed by atoms with Gasteiger partial charge in [-0.2, -0.15) is 5.26 Å². The van der Waals surface area contributed by atoms with E-state index in [1.165, 1.54) is 6.08 Å². The fraction of sp³-hybridized carbons (Fsp3) is 0.148. The van der Waals surface area contributed by atoms with Crippen LogP contribution in [0.5, 0.6) is 5.75 Å². The number of nitrogens with zero attached hydrogens (tertiary/aromatic N) is 1. The Balaban J connectivity index is 1.59.